The molecule has 4 aromatic rings. The molecule has 7 rings (SSSR count). The minimum atomic E-state index is -0.456. The first kappa shape index (κ1) is 25.2. The Morgan fingerprint density at radius 2 is 1.95 bits per heavy atom. The number of halogens is 2. The van der Waals surface area contributed by atoms with Crippen molar-refractivity contribution in [3.8, 4) is 0 Å². The molecule has 3 aromatic heterocycles. The van der Waals surface area contributed by atoms with E-state index in [0.29, 0.717) is 55.8 Å². The number of rotatable bonds is 5. The van der Waals surface area contributed by atoms with Crippen LogP contribution in [0.25, 0.3) is 5.52 Å². The van der Waals surface area contributed by atoms with Crippen LogP contribution in [0.4, 0.5) is 14.5 Å². The van der Waals surface area contributed by atoms with Crippen LogP contribution in [-0.2, 0) is 6.54 Å². The molecule has 0 spiro atoms. The number of fused-ring (bicyclic) bond motifs is 2. The van der Waals surface area contributed by atoms with Crippen molar-refractivity contribution in [2.45, 2.75) is 44.0 Å². The number of β-amino-alcohol motifs (C(OH)–C–C–N with tert-alkyl or cyclic N) is 1. The van der Waals surface area contributed by atoms with Gasteiger partial charge in [0.1, 0.15) is 23.5 Å². The second kappa shape index (κ2) is 9.97. The summed E-state index contributed by atoms with van der Waals surface area (Å²) in [5.41, 5.74) is 2.34. The fraction of sp³-hybridized carbons (Fsp3) is 0.414. The molecule has 3 unspecified atom stereocenters. The Morgan fingerprint density at radius 3 is 2.80 bits per heavy atom. The van der Waals surface area contributed by atoms with Crippen molar-refractivity contribution in [3.63, 3.8) is 0 Å². The van der Waals surface area contributed by atoms with E-state index < -0.39 is 11.6 Å². The summed E-state index contributed by atoms with van der Waals surface area (Å²) in [6.45, 7) is 3.85. The molecule has 2 fully saturated rings. The number of aliphatic hydroxyl groups excluding tert-OH is 1. The average Bonchev–Trinajstić information content (AvgIpc) is 3.76. The summed E-state index contributed by atoms with van der Waals surface area (Å²) >= 11 is 0. The largest absolute Gasteiger partial charge is 0.392 e. The van der Waals surface area contributed by atoms with Gasteiger partial charge in [-0.2, -0.15) is 5.10 Å². The molecule has 11 heteroatoms. The normalized spacial score (nSPS) is 23.3. The number of nitrogens with zero attached hydrogens (tertiary/aromatic N) is 7. The highest BCUT2D eigenvalue weighted by Gasteiger charge is 2.36. The Hall–Kier alpha value is -3.83. The van der Waals surface area contributed by atoms with Crippen LogP contribution in [0, 0.1) is 11.6 Å². The molecule has 3 atom stereocenters. The third kappa shape index (κ3) is 4.33. The van der Waals surface area contributed by atoms with Gasteiger partial charge < -0.3 is 19.5 Å². The van der Waals surface area contributed by atoms with Crippen molar-refractivity contribution >= 4 is 17.1 Å². The molecule has 3 aliphatic heterocycles. The summed E-state index contributed by atoms with van der Waals surface area (Å²) in [7, 11) is 0. The second-order valence-electron chi connectivity index (χ2n) is 11.0. The van der Waals surface area contributed by atoms with Crippen molar-refractivity contribution in [2.75, 3.05) is 37.6 Å². The van der Waals surface area contributed by atoms with Crippen molar-refractivity contribution in [1.29, 1.82) is 0 Å². The lowest BCUT2D eigenvalue weighted by Gasteiger charge is -2.37. The molecule has 1 aromatic carbocycles. The van der Waals surface area contributed by atoms with Crippen LogP contribution in [-0.4, -0.2) is 78.8 Å². The minimum Gasteiger partial charge on any atom is -0.392 e. The van der Waals surface area contributed by atoms with Gasteiger partial charge in [0.05, 0.1) is 29.4 Å². The Bertz CT molecular complexity index is 1570. The third-order valence-electron chi connectivity index (χ3n) is 8.58. The number of anilines is 1. The lowest BCUT2D eigenvalue weighted by Crippen LogP contribution is -2.46. The molecule has 40 heavy (non-hydrogen) atoms. The molecule has 0 saturated carbocycles. The van der Waals surface area contributed by atoms with Crippen LogP contribution in [0.15, 0.2) is 55.1 Å². The Balaban J connectivity index is 1.21. The maximum atomic E-state index is 14.7. The van der Waals surface area contributed by atoms with E-state index in [0.717, 1.165) is 37.0 Å². The quantitative estimate of drug-likeness (QED) is 0.413. The van der Waals surface area contributed by atoms with Gasteiger partial charge in [0.15, 0.2) is 0 Å². The van der Waals surface area contributed by atoms with Crippen molar-refractivity contribution in [3.05, 3.63) is 83.7 Å². The van der Waals surface area contributed by atoms with Gasteiger partial charge in [-0.15, -0.1) is 0 Å². The lowest BCUT2D eigenvalue weighted by atomic mass is 10.0. The van der Waals surface area contributed by atoms with Gasteiger partial charge in [-0.05, 0) is 49.6 Å². The molecular formula is C29H31F2N7O2. The SMILES string of the molecule is O=C(c1cnn2ccc(N3CCCC3c3cc(F)ccc3F)cc12)N1CCn2ccnc2C1CN1CCC(O)C1. The smallest absolute Gasteiger partial charge is 0.258 e. The number of aromatic nitrogens is 4. The number of benzene rings is 1. The first-order valence-corrected chi connectivity index (χ1v) is 13.9. The van der Waals surface area contributed by atoms with Gasteiger partial charge in [0, 0.05) is 69.1 Å². The first-order valence-electron chi connectivity index (χ1n) is 13.9. The predicted octanol–water partition coefficient (Wildman–Crippen LogP) is 3.41. The topological polar surface area (TPSA) is 82.1 Å². The summed E-state index contributed by atoms with van der Waals surface area (Å²) in [6.07, 6.45) is 9.07. The summed E-state index contributed by atoms with van der Waals surface area (Å²) < 4.78 is 32.5. The Kier molecular flexibility index (Phi) is 6.27. The highest BCUT2D eigenvalue weighted by molar-refractivity contribution is 6.01. The Morgan fingerprint density at radius 1 is 1.05 bits per heavy atom. The van der Waals surface area contributed by atoms with Gasteiger partial charge in [-0.25, -0.2) is 18.3 Å². The molecule has 0 aliphatic carbocycles. The van der Waals surface area contributed by atoms with Crippen LogP contribution in [0.1, 0.15) is 53.1 Å². The maximum Gasteiger partial charge on any atom is 0.258 e. The van der Waals surface area contributed by atoms with E-state index in [-0.39, 0.29) is 24.1 Å². The number of imidazole rings is 1. The number of carbonyl (C=O) groups excluding carboxylic acids is 1. The zero-order chi connectivity index (χ0) is 27.4. The maximum absolute atomic E-state index is 14.7. The molecule has 0 radical (unpaired) electrons. The van der Waals surface area contributed by atoms with Gasteiger partial charge in [0.2, 0.25) is 0 Å². The average molecular weight is 548 g/mol. The van der Waals surface area contributed by atoms with E-state index in [1.807, 2.05) is 29.4 Å². The zero-order valence-electron chi connectivity index (χ0n) is 22.0. The van der Waals surface area contributed by atoms with E-state index in [2.05, 4.69) is 24.4 Å². The molecule has 0 bridgehead atoms. The van der Waals surface area contributed by atoms with Crippen LogP contribution < -0.4 is 4.90 Å². The van der Waals surface area contributed by atoms with E-state index in [4.69, 9.17) is 0 Å². The third-order valence-corrected chi connectivity index (χ3v) is 8.58. The van der Waals surface area contributed by atoms with Crippen LogP contribution in [0.2, 0.25) is 0 Å². The predicted molar refractivity (Wildman–Crippen MR) is 144 cm³/mol. The lowest BCUT2D eigenvalue weighted by molar-refractivity contribution is 0.0557. The number of aliphatic hydroxyl groups is 1. The zero-order valence-corrected chi connectivity index (χ0v) is 22.0. The van der Waals surface area contributed by atoms with E-state index >= 15 is 0 Å². The molecule has 2 saturated heterocycles. The van der Waals surface area contributed by atoms with Crippen LogP contribution in [0.5, 0.6) is 0 Å². The molecule has 3 aliphatic rings. The van der Waals surface area contributed by atoms with Crippen molar-refractivity contribution in [1.82, 2.24) is 29.0 Å². The standard InChI is InChI=1S/C29H31F2N7O2/c30-19-3-4-24(31)22(14-19)25-2-1-8-36(25)20-5-10-38-26(15-20)23(16-33-38)29(40)37-13-12-35-11-7-32-28(35)27(37)18-34-9-6-21(39)17-34/h3-5,7,10-11,14-16,21,25,27,39H,1-2,6,8-9,12-13,17-18H2. The van der Waals surface area contributed by atoms with E-state index in [1.54, 1.807) is 16.9 Å². The van der Waals surface area contributed by atoms with Gasteiger partial charge in [0.25, 0.3) is 5.91 Å². The summed E-state index contributed by atoms with van der Waals surface area (Å²) in [6, 6.07) is 6.89. The monoisotopic (exact) mass is 547 g/mol. The number of pyridine rings is 1. The number of carbonyl (C=O) groups is 1. The number of likely N-dealkylation sites (tertiary alicyclic amines) is 1. The van der Waals surface area contributed by atoms with Gasteiger partial charge in [-0.3, -0.25) is 9.69 Å². The first-order chi connectivity index (χ1) is 19.5. The minimum absolute atomic E-state index is 0.125. The molecule has 1 amide bonds. The van der Waals surface area contributed by atoms with Gasteiger partial charge >= 0.3 is 0 Å². The summed E-state index contributed by atoms with van der Waals surface area (Å²) in [5.74, 6) is -0.155. The second-order valence-corrected chi connectivity index (χ2v) is 11.0. The van der Waals surface area contributed by atoms with Crippen LogP contribution in [0.3, 0.4) is 0 Å². The molecular weight excluding hydrogens is 516 g/mol. The molecule has 6 heterocycles. The van der Waals surface area contributed by atoms with Gasteiger partial charge in [-0.1, -0.05) is 0 Å². The highest BCUT2D eigenvalue weighted by atomic mass is 19.1. The Labute approximate surface area is 230 Å². The number of amides is 1. The van der Waals surface area contributed by atoms with Crippen molar-refractivity contribution in [2.24, 2.45) is 0 Å². The molecule has 1 N–H and O–H groups in total. The summed E-state index contributed by atoms with van der Waals surface area (Å²) in [5, 5.41) is 14.5. The molecule has 208 valence electrons. The highest BCUT2D eigenvalue weighted by Crippen LogP contribution is 2.38. The van der Waals surface area contributed by atoms with E-state index in [9.17, 15) is 18.7 Å². The van der Waals surface area contributed by atoms with E-state index in [1.165, 1.54) is 12.1 Å². The number of hydrogen-bond acceptors (Lipinski definition) is 6. The summed E-state index contributed by atoms with van der Waals surface area (Å²) in [4.78, 5) is 24.8. The fourth-order valence-corrected chi connectivity index (χ4v) is 6.60. The fourth-order valence-electron chi connectivity index (χ4n) is 6.60. The van der Waals surface area contributed by atoms with Crippen LogP contribution >= 0.6 is 0 Å². The number of hydrogen-bond donors (Lipinski definition) is 1. The molecule has 9 nitrogen and oxygen atoms in total. The van der Waals surface area contributed by atoms with Crippen molar-refractivity contribution < 1.29 is 18.7 Å².